The third-order valence-corrected chi connectivity index (χ3v) is 5.52. The smallest absolute Gasteiger partial charge is 0.173 e. The van der Waals surface area contributed by atoms with Crippen LogP contribution in [0.2, 0.25) is 0 Å². The van der Waals surface area contributed by atoms with E-state index in [-0.39, 0.29) is 17.5 Å². The molecule has 0 amide bonds. The van der Waals surface area contributed by atoms with Crippen LogP contribution >= 0.6 is 12.2 Å². The zero-order chi connectivity index (χ0) is 14.0. The summed E-state index contributed by atoms with van der Waals surface area (Å²) in [5.74, 6) is 0.453. The third kappa shape index (κ3) is 3.67. The lowest BCUT2D eigenvalue weighted by atomic mass is 10.2. The van der Waals surface area contributed by atoms with E-state index >= 15 is 0 Å². The van der Waals surface area contributed by atoms with E-state index in [4.69, 9.17) is 12.2 Å². The van der Waals surface area contributed by atoms with E-state index in [9.17, 15) is 8.42 Å². The number of benzene rings is 1. The van der Waals surface area contributed by atoms with Crippen molar-refractivity contribution in [1.29, 1.82) is 0 Å². The molecule has 1 fully saturated rings. The molecule has 1 aromatic carbocycles. The summed E-state index contributed by atoms with van der Waals surface area (Å²) in [6.45, 7) is 2.03. The summed E-state index contributed by atoms with van der Waals surface area (Å²) in [6.07, 6.45) is 0.647. The van der Waals surface area contributed by atoms with Gasteiger partial charge in [-0.25, -0.2) is 8.42 Å². The zero-order valence-electron chi connectivity index (χ0n) is 11.1. The maximum absolute atomic E-state index is 11.5. The second kappa shape index (κ2) is 5.46. The average Bonchev–Trinajstić information content (AvgIpc) is 2.71. The molecule has 0 aromatic heterocycles. The highest BCUT2D eigenvalue weighted by Gasteiger charge is 2.31. The molecule has 1 aliphatic rings. The number of hydrogen-bond donors (Lipinski definition) is 1. The normalized spacial score (nSPS) is 21.1. The van der Waals surface area contributed by atoms with Gasteiger partial charge in [0, 0.05) is 18.8 Å². The fourth-order valence-corrected chi connectivity index (χ4v) is 4.14. The quantitative estimate of drug-likeness (QED) is 0.844. The van der Waals surface area contributed by atoms with Crippen molar-refractivity contribution >= 4 is 32.9 Å². The highest BCUT2D eigenvalue weighted by Crippen LogP contribution is 2.18. The summed E-state index contributed by atoms with van der Waals surface area (Å²) in [5.41, 5.74) is 2.11. The van der Waals surface area contributed by atoms with Crippen LogP contribution in [0.4, 0.5) is 5.69 Å². The minimum Gasteiger partial charge on any atom is -0.348 e. The summed E-state index contributed by atoms with van der Waals surface area (Å²) in [5, 5.41) is 3.70. The predicted octanol–water partition coefficient (Wildman–Crippen LogP) is 1.81. The molecule has 104 valence electrons. The topological polar surface area (TPSA) is 49.4 Å². The number of hydrogen-bond acceptors (Lipinski definition) is 3. The third-order valence-electron chi connectivity index (χ3n) is 3.38. The molecule has 6 heteroatoms. The molecular formula is C13H18N2O2S2. The lowest BCUT2D eigenvalue weighted by Gasteiger charge is -2.26. The van der Waals surface area contributed by atoms with E-state index in [1.165, 1.54) is 5.56 Å². The molecule has 0 bridgehead atoms. The van der Waals surface area contributed by atoms with Crippen LogP contribution in [0.5, 0.6) is 0 Å². The monoisotopic (exact) mass is 298 g/mol. The second-order valence-electron chi connectivity index (χ2n) is 4.96. The summed E-state index contributed by atoms with van der Waals surface area (Å²) >= 11 is 5.32. The number of thiocarbonyl (C=S) groups is 1. The van der Waals surface area contributed by atoms with Crippen molar-refractivity contribution in [2.75, 3.05) is 23.9 Å². The van der Waals surface area contributed by atoms with Crippen molar-refractivity contribution in [2.45, 2.75) is 19.4 Å². The molecule has 0 saturated carbocycles. The Morgan fingerprint density at radius 1 is 1.37 bits per heavy atom. The van der Waals surface area contributed by atoms with Gasteiger partial charge in [0.2, 0.25) is 0 Å². The van der Waals surface area contributed by atoms with E-state index in [1.54, 1.807) is 0 Å². The van der Waals surface area contributed by atoms with Crippen LogP contribution in [0.15, 0.2) is 24.3 Å². The number of rotatable bonds is 2. The molecule has 19 heavy (non-hydrogen) atoms. The molecule has 0 spiro atoms. The van der Waals surface area contributed by atoms with Gasteiger partial charge in [-0.1, -0.05) is 17.7 Å². The number of sulfone groups is 1. The van der Waals surface area contributed by atoms with Crippen LogP contribution in [0, 0.1) is 6.92 Å². The number of anilines is 1. The van der Waals surface area contributed by atoms with Gasteiger partial charge in [0.25, 0.3) is 0 Å². The Morgan fingerprint density at radius 2 is 2.00 bits per heavy atom. The van der Waals surface area contributed by atoms with E-state index < -0.39 is 9.84 Å². The molecule has 4 nitrogen and oxygen atoms in total. The molecule has 2 rings (SSSR count). The average molecular weight is 298 g/mol. The number of nitrogens with one attached hydrogen (secondary N) is 1. The van der Waals surface area contributed by atoms with Crippen LogP contribution in [-0.2, 0) is 9.84 Å². The largest absolute Gasteiger partial charge is 0.348 e. The second-order valence-corrected chi connectivity index (χ2v) is 7.58. The Kier molecular flexibility index (Phi) is 4.10. The molecule has 0 aliphatic carbocycles. The van der Waals surface area contributed by atoms with Crippen molar-refractivity contribution in [3.63, 3.8) is 0 Å². The Labute approximate surface area is 119 Å². The van der Waals surface area contributed by atoms with Crippen LogP contribution < -0.4 is 5.32 Å². The lowest BCUT2D eigenvalue weighted by Crippen LogP contribution is -2.40. The predicted molar refractivity (Wildman–Crippen MR) is 82.2 cm³/mol. The van der Waals surface area contributed by atoms with Gasteiger partial charge in [0.1, 0.15) is 0 Å². The van der Waals surface area contributed by atoms with E-state index in [0.29, 0.717) is 11.5 Å². The maximum atomic E-state index is 11.5. The van der Waals surface area contributed by atoms with Crippen molar-refractivity contribution in [2.24, 2.45) is 0 Å². The highest BCUT2D eigenvalue weighted by molar-refractivity contribution is 7.91. The van der Waals surface area contributed by atoms with E-state index in [2.05, 4.69) is 5.32 Å². The van der Waals surface area contributed by atoms with Gasteiger partial charge in [-0.2, -0.15) is 0 Å². The number of nitrogens with zero attached hydrogens (tertiary/aromatic N) is 1. The SMILES string of the molecule is Cc1ccc(NC(=S)N(C)[C@@H]2CCS(=O)(=O)C2)cc1. The molecule has 1 aromatic rings. The Morgan fingerprint density at radius 3 is 2.53 bits per heavy atom. The lowest BCUT2D eigenvalue weighted by molar-refractivity contribution is 0.402. The molecule has 1 aliphatic heterocycles. The van der Waals surface area contributed by atoms with Crippen LogP contribution in [-0.4, -0.2) is 43.0 Å². The fourth-order valence-electron chi connectivity index (χ4n) is 2.10. The van der Waals surface area contributed by atoms with Crippen LogP contribution in [0.3, 0.4) is 0 Å². The first-order valence-electron chi connectivity index (χ1n) is 6.18. The van der Waals surface area contributed by atoms with Gasteiger partial charge in [-0.05, 0) is 37.7 Å². The summed E-state index contributed by atoms with van der Waals surface area (Å²) < 4.78 is 22.9. The zero-order valence-corrected chi connectivity index (χ0v) is 12.7. The highest BCUT2D eigenvalue weighted by atomic mass is 32.2. The van der Waals surface area contributed by atoms with Crippen LogP contribution in [0.1, 0.15) is 12.0 Å². The van der Waals surface area contributed by atoms with Gasteiger partial charge in [0.15, 0.2) is 14.9 Å². The van der Waals surface area contributed by atoms with Gasteiger partial charge >= 0.3 is 0 Å². The van der Waals surface area contributed by atoms with E-state index in [1.807, 2.05) is 43.1 Å². The molecule has 0 unspecified atom stereocenters. The Hall–Kier alpha value is -1.14. The number of aryl methyl sites for hydroxylation is 1. The van der Waals surface area contributed by atoms with Crippen molar-refractivity contribution < 1.29 is 8.42 Å². The van der Waals surface area contributed by atoms with Gasteiger partial charge < -0.3 is 10.2 Å². The molecule has 1 atom stereocenters. The summed E-state index contributed by atoms with van der Waals surface area (Å²) in [7, 11) is -1.04. The molecule has 1 heterocycles. The minimum absolute atomic E-state index is 0.0181. The first-order valence-corrected chi connectivity index (χ1v) is 8.41. The molecule has 1 saturated heterocycles. The van der Waals surface area contributed by atoms with E-state index in [0.717, 1.165) is 5.69 Å². The summed E-state index contributed by atoms with van der Waals surface area (Å²) in [4.78, 5) is 1.85. The van der Waals surface area contributed by atoms with Crippen molar-refractivity contribution in [1.82, 2.24) is 4.90 Å². The van der Waals surface area contributed by atoms with Gasteiger partial charge in [0.05, 0.1) is 11.5 Å². The van der Waals surface area contributed by atoms with Crippen molar-refractivity contribution in [3.8, 4) is 0 Å². The minimum atomic E-state index is -2.88. The van der Waals surface area contributed by atoms with Crippen molar-refractivity contribution in [3.05, 3.63) is 29.8 Å². The standard InChI is InChI=1S/C13H18N2O2S2/c1-10-3-5-11(6-4-10)14-13(18)15(2)12-7-8-19(16,17)9-12/h3-6,12H,7-9H2,1-2H3,(H,14,18)/t12-/m1/s1. The molecule has 0 radical (unpaired) electrons. The first-order chi connectivity index (χ1) is 8.87. The Bertz CT molecular complexity index is 567. The molecule has 1 N–H and O–H groups in total. The van der Waals surface area contributed by atoms with Crippen LogP contribution in [0.25, 0.3) is 0 Å². The van der Waals surface area contributed by atoms with Gasteiger partial charge in [-0.15, -0.1) is 0 Å². The fraction of sp³-hybridized carbons (Fsp3) is 0.462. The van der Waals surface area contributed by atoms with Gasteiger partial charge in [-0.3, -0.25) is 0 Å². The maximum Gasteiger partial charge on any atom is 0.173 e. The molecular weight excluding hydrogens is 280 g/mol. The first kappa shape index (κ1) is 14.3. The Balaban J connectivity index is 1.98. The summed E-state index contributed by atoms with van der Waals surface area (Å²) in [6, 6.07) is 7.91.